The highest BCUT2D eigenvalue weighted by Gasteiger charge is 2.07. The van der Waals surface area contributed by atoms with Crippen molar-refractivity contribution in [3.8, 4) is 0 Å². The van der Waals surface area contributed by atoms with Crippen molar-refractivity contribution in [3.63, 3.8) is 0 Å². The van der Waals surface area contributed by atoms with E-state index in [9.17, 15) is 4.79 Å². The molecule has 0 radical (unpaired) electrons. The first-order valence-electron chi connectivity index (χ1n) is 5.50. The van der Waals surface area contributed by atoms with Gasteiger partial charge in [-0.3, -0.25) is 5.32 Å². The van der Waals surface area contributed by atoms with Crippen LogP contribution in [0.5, 0.6) is 0 Å². The molecule has 1 fully saturated rings. The summed E-state index contributed by atoms with van der Waals surface area (Å²) >= 11 is 0. The molecule has 1 saturated heterocycles. The summed E-state index contributed by atoms with van der Waals surface area (Å²) in [6, 6.07) is 1.33. The number of ether oxygens (including phenoxy) is 1. The number of urea groups is 1. The summed E-state index contributed by atoms with van der Waals surface area (Å²) < 4.78 is 10.0. The molecular formula is C11H15N3O3. The number of nitrogens with zero attached hydrogens (tertiary/aromatic N) is 1. The zero-order valence-corrected chi connectivity index (χ0v) is 9.66. The maximum Gasteiger partial charge on any atom is 0.324 e. The van der Waals surface area contributed by atoms with Crippen molar-refractivity contribution in [1.82, 2.24) is 10.5 Å². The van der Waals surface area contributed by atoms with Crippen LogP contribution in [0.25, 0.3) is 0 Å². The van der Waals surface area contributed by atoms with Crippen molar-refractivity contribution in [1.29, 1.82) is 0 Å². The minimum atomic E-state index is -0.322. The zero-order chi connectivity index (χ0) is 12.1. The molecule has 1 aliphatic rings. The van der Waals surface area contributed by atoms with Gasteiger partial charge in [-0.1, -0.05) is 5.16 Å². The van der Waals surface area contributed by atoms with Gasteiger partial charge in [-0.15, -0.1) is 0 Å². The van der Waals surface area contributed by atoms with Crippen molar-refractivity contribution in [3.05, 3.63) is 23.6 Å². The predicted molar refractivity (Wildman–Crippen MR) is 61.5 cm³/mol. The molecule has 1 aliphatic heterocycles. The van der Waals surface area contributed by atoms with E-state index in [2.05, 4.69) is 15.8 Å². The zero-order valence-electron chi connectivity index (χ0n) is 9.66. The smallest absolute Gasteiger partial charge is 0.324 e. The van der Waals surface area contributed by atoms with Crippen LogP contribution >= 0.6 is 0 Å². The first kappa shape index (κ1) is 11.7. The van der Waals surface area contributed by atoms with Crippen LogP contribution in [0.4, 0.5) is 10.6 Å². The van der Waals surface area contributed by atoms with Gasteiger partial charge in [0.15, 0.2) is 5.82 Å². The summed E-state index contributed by atoms with van der Waals surface area (Å²) in [5.41, 5.74) is 1.18. The number of aryl methyl sites for hydroxylation is 1. The minimum Gasteiger partial charge on any atom is -0.381 e. The molecule has 2 amide bonds. The summed E-state index contributed by atoms with van der Waals surface area (Å²) in [4.78, 5) is 11.5. The average molecular weight is 237 g/mol. The Morgan fingerprint density at radius 3 is 2.88 bits per heavy atom. The number of hydrogen-bond donors (Lipinski definition) is 2. The summed E-state index contributed by atoms with van der Waals surface area (Å²) in [7, 11) is 0. The van der Waals surface area contributed by atoms with E-state index in [0.29, 0.717) is 11.6 Å². The third-order valence-corrected chi connectivity index (χ3v) is 2.41. The predicted octanol–water partition coefficient (Wildman–Crippen LogP) is 1.80. The molecule has 6 nitrogen and oxygen atoms in total. The lowest BCUT2D eigenvalue weighted by atomic mass is 10.1. The van der Waals surface area contributed by atoms with Crippen LogP contribution < -0.4 is 10.6 Å². The molecule has 0 aromatic carbocycles. The lowest BCUT2D eigenvalue weighted by Crippen LogP contribution is -2.25. The van der Waals surface area contributed by atoms with Crippen LogP contribution in [0.3, 0.4) is 0 Å². The van der Waals surface area contributed by atoms with Gasteiger partial charge in [-0.05, 0) is 25.3 Å². The summed E-state index contributed by atoms with van der Waals surface area (Å²) in [5, 5.41) is 8.90. The summed E-state index contributed by atoms with van der Waals surface area (Å²) in [5.74, 6) is 1.06. The molecule has 6 heteroatoms. The molecule has 2 N–H and O–H groups in total. The summed E-state index contributed by atoms with van der Waals surface area (Å²) in [6.45, 7) is 3.20. The molecule has 0 bridgehead atoms. The normalized spacial score (nSPS) is 15.5. The number of carbonyl (C=O) groups is 1. The highest BCUT2D eigenvalue weighted by atomic mass is 16.5. The van der Waals surface area contributed by atoms with E-state index in [0.717, 1.165) is 26.1 Å². The van der Waals surface area contributed by atoms with E-state index >= 15 is 0 Å². The number of nitrogens with one attached hydrogen (secondary N) is 2. The van der Waals surface area contributed by atoms with Crippen LogP contribution in [0.1, 0.15) is 18.6 Å². The quantitative estimate of drug-likeness (QED) is 0.822. The number of rotatable bonds is 2. The topological polar surface area (TPSA) is 76.4 Å². The highest BCUT2D eigenvalue weighted by molar-refractivity contribution is 5.88. The second kappa shape index (κ2) is 5.49. The number of anilines is 1. The molecule has 0 unspecified atom stereocenters. The Kier molecular flexibility index (Phi) is 3.77. The monoisotopic (exact) mass is 237 g/mol. The van der Waals surface area contributed by atoms with E-state index < -0.39 is 0 Å². The maximum absolute atomic E-state index is 11.5. The van der Waals surface area contributed by atoms with Gasteiger partial charge < -0.3 is 14.6 Å². The first-order chi connectivity index (χ1) is 8.24. The highest BCUT2D eigenvalue weighted by Crippen LogP contribution is 2.12. The largest absolute Gasteiger partial charge is 0.381 e. The molecule has 92 valence electrons. The SMILES string of the molecule is Cc1cc(NC(=O)NC=C2CCOCC2)no1. The minimum absolute atomic E-state index is 0.322. The maximum atomic E-state index is 11.5. The van der Waals surface area contributed by atoms with Crippen LogP contribution in [-0.4, -0.2) is 24.4 Å². The summed E-state index contributed by atoms with van der Waals surface area (Å²) in [6.07, 6.45) is 3.46. The van der Waals surface area contributed by atoms with Gasteiger partial charge >= 0.3 is 6.03 Å². The van der Waals surface area contributed by atoms with Gasteiger partial charge in [0.1, 0.15) is 5.76 Å². The van der Waals surface area contributed by atoms with Gasteiger partial charge in [-0.2, -0.15) is 0 Å². The number of amides is 2. The molecule has 0 aliphatic carbocycles. The molecule has 2 heterocycles. The molecular weight excluding hydrogens is 222 g/mol. The molecule has 1 aromatic rings. The fourth-order valence-corrected chi connectivity index (χ4v) is 1.52. The molecule has 17 heavy (non-hydrogen) atoms. The van der Waals surface area contributed by atoms with Gasteiger partial charge in [0.2, 0.25) is 0 Å². The average Bonchev–Trinajstić information content (AvgIpc) is 2.73. The Morgan fingerprint density at radius 2 is 2.24 bits per heavy atom. The van der Waals surface area contributed by atoms with Crippen molar-refractivity contribution in [2.45, 2.75) is 19.8 Å². The van der Waals surface area contributed by atoms with E-state index in [-0.39, 0.29) is 6.03 Å². The van der Waals surface area contributed by atoms with Crippen molar-refractivity contribution in [2.24, 2.45) is 0 Å². The Morgan fingerprint density at radius 1 is 1.47 bits per heavy atom. The second-order valence-corrected chi connectivity index (χ2v) is 3.84. The molecule has 2 rings (SSSR count). The second-order valence-electron chi connectivity index (χ2n) is 3.84. The van der Waals surface area contributed by atoms with Gasteiger partial charge in [-0.25, -0.2) is 4.79 Å². The third kappa shape index (κ3) is 3.60. The van der Waals surface area contributed by atoms with Gasteiger partial charge in [0, 0.05) is 12.3 Å². The van der Waals surface area contributed by atoms with E-state index in [1.54, 1.807) is 19.2 Å². The van der Waals surface area contributed by atoms with Gasteiger partial charge in [0.25, 0.3) is 0 Å². The lowest BCUT2D eigenvalue weighted by Gasteiger charge is -2.14. The van der Waals surface area contributed by atoms with Crippen molar-refractivity contribution >= 4 is 11.8 Å². The number of carbonyl (C=O) groups excluding carboxylic acids is 1. The Balaban J connectivity index is 1.81. The van der Waals surface area contributed by atoms with Crippen molar-refractivity contribution in [2.75, 3.05) is 18.5 Å². The first-order valence-corrected chi connectivity index (χ1v) is 5.50. The molecule has 0 spiro atoms. The Labute approximate surface area is 99.0 Å². The molecule has 0 atom stereocenters. The third-order valence-electron chi connectivity index (χ3n) is 2.41. The van der Waals surface area contributed by atoms with Crippen LogP contribution in [-0.2, 0) is 4.74 Å². The van der Waals surface area contributed by atoms with Crippen molar-refractivity contribution < 1.29 is 14.1 Å². The molecule has 0 saturated carbocycles. The van der Waals surface area contributed by atoms with E-state index in [1.807, 2.05) is 0 Å². The van der Waals surface area contributed by atoms with E-state index in [1.165, 1.54) is 5.57 Å². The van der Waals surface area contributed by atoms with E-state index in [4.69, 9.17) is 9.26 Å². The number of aromatic nitrogens is 1. The van der Waals surface area contributed by atoms with Gasteiger partial charge in [0.05, 0.1) is 13.2 Å². The van der Waals surface area contributed by atoms with Crippen LogP contribution in [0.15, 0.2) is 22.4 Å². The molecule has 1 aromatic heterocycles. The Bertz CT molecular complexity index is 417. The van der Waals surface area contributed by atoms with Crippen LogP contribution in [0.2, 0.25) is 0 Å². The standard InChI is InChI=1S/C11H15N3O3/c1-8-6-10(14-17-8)13-11(15)12-7-9-2-4-16-5-3-9/h6-7H,2-5H2,1H3,(H2,12,13,14,15). The lowest BCUT2D eigenvalue weighted by molar-refractivity contribution is 0.119. The number of hydrogen-bond acceptors (Lipinski definition) is 4. The van der Waals surface area contributed by atoms with Crippen LogP contribution in [0, 0.1) is 6.92 Å². The Hall–Kier alpha value is -1.82. The fourth-order valence-electron chi connectivity index (χ4n) is 1.52. The fraction of sp³-hybridized carbons (Fsp3) is 0.455.